The van der Waals surface area contributed by atoms with Crippen molar-refractivity contribution in [2.45, 2.75) is 20.8 Å². The third-order valence-corrected chi connectivity index (χ3v) is 1.82. The van der Waals surface area contributed by atoms with Gasteiger partial charge in [-0.25, -0.2) is 9.50 Å². The normalized spacial score (nSPS) is 11.1. The van der Waals surface area contributed by atoms with Gasteiger partial charge in [0.05, 0.1) is 0 Å². The van der Waals surface area contributed by atoms with Crippen molar-refractivity contribution < 1.29 is 0 Å². The van der Waals surface area contributed by atoms with Crippen LogP contribution < -0.4 is 0 Å². The van der Waals surface area contributed by atoms with E-state index in [0.29, 0.717) is 0 Å². The molecule has 0 bridgehead atoms. The highest BCUT2D eigenvalue weighted by Crippen LogP contribution is 2.10. The fourth-order valence-corrected chi connectivity index (χ4v) is 1.13. The van der Waals surface area contributed by atoms with Crippen LogP contribution in [0, 0.1) is 17.3 Å². The van der Waals surface area contributed by atoms with Crippen LogP contribution in [0.4, 0.5) is 0 Å². The van der Waals surface area contributed by atoms with Crippen molar-refractivity contribution in [2.75, 3.05) is 0 Å². The average Bonchev–Trinajstić information content (AvgIpc) is 2.60. The van der Waals surface area contributed by atoms with Gasteiger partial charge in [-0.3, -0.25) is 0 Å². The van der Waals surface area contributed by atoms with E-state index in [0.717, 1.165) is 11.3 Å². The maximum Gasteiger partial charge on any atom is 0.153 e. The van der Waals surface area contributed by atoms with E-state index in [2.05, 4.69) is 42.7 Å². The number of hydrogen-bond donors (Lipinski definition) is 0. The Bertz CT molecular complexity index is 535. The maximum atomic E-state index is 4.32. The summed E-state index contributed by atoms with van der Waals surface area (Å²) < 4.78 is 1.73. The lowest BCUT2D eigenvalue weighted by atomic mass is 9.98. The van der Waals surface area contributed by atoms with E-state index < -0.39 is 0 Å². The summed E-state index contributed by atoms with van der Waals surface area (Å²) >= 11 is 0. The molecule has 0 saturated heterocycles. The second-order valence-electron chi connectivity index (χ2n) is 4.45. The number of rotatable bonds is 0. The molecule has 0 aliphatic heterocycles. The van der Waals surface area contributed by atoms with Crippen LogP contribution in [0.2, 0.25) is 0 Å². The van der Waals surface area contributed by atoms with Gasteiger partial charge in [0, 0.05) is 17.8 Å². The van der Waals surface area contributed by atoms with E-state index in [1.54, 1.807) is 10.7 Å². The quantitative estimate of drug-likeness (QED) is 0.608. The van der Waals surface area contributed by atoms with Crippen LogP contribution in [0.25, 0.3) is 5.65 Å². The highest BCUT2D eigenvalue weighted by molar-refractivity contribution is 5.40. The zero-order valence-corrected chi connectivity index (χ0v) is 9.15. The second-order valence-corrected chi connectivity index (χ2v) is 4.45. The Hall–Kier alpha value is -1.82. The second kappa shape index (κ2) is 3.39. The zero-order chi connectivity index (χ0) is 10.9. The van der Waals surface area contributed by atoms with Gasteiger partial charge in [0.2, 0.25) is 0 Å². The summed E-state index contributed by atoms with van der Waals surface area (Å²) in [6.45, 7) is 6.24. The largest absolute Gasteiger partial charge is 0.236 e. The Labute approximate surface area is 89.1 Å². The minimum Gasteiger partial charge on any atom is -0.236 e. The Kier molecular flexibility index (Phi) is 2.20. The van der Waals surface area contributed by atoms with Crippen molar-refractivity contribution in [3.05, 3.63) is 30.2 Å². The lowest BCUT2D eigenvalue weighted by Crippen LogP contribution is -2.00. The molecule has 0 unspecified atom stereocenters. The molecule has 2 heterocycles. The van der Waals surface area contributed by atoms with Gasteiger partial charge in [0.1, 0.15) is 5.69 Å². The lowest BCUT2D eigenvalue weighted by Gasteiger charge is -2.06. The molecule has 0 atom stereocenters. The molecule has 0 radical (unpaired) electrons. The van der Waals surface area contributed by atoms with Gasteiger partial charge >= 0.3 is 0 Å². The Morgan fingerprint density at radius 3 is 2.80 bits per heavy atom. The van der Waals surface area contributed by atoms with Gasteiger partial charge in [0.15, 0.2) is 5.65 Å². The first-order valence-corrected chi connectivity index (χ1v) is 4.88. The first kappa shape index (κ1) is 9.72. The topological polar surface area (TPSA) is 30.2 Å². The monoisotopic (exact) mass is 199 g/mol. The van der Waals surface area contributed by atoms with Crippen LogP contribution in [0.1, 0.15) is 26.5 Å². The minimum absolute atomic E-state index is 0.00553. The van der Waals surface area contributed by atoms with Gasteiger partial charge in [-0.05, 0) is 38.8 Å². The van der Waals surface area contributed by atoms with Crippen molar-refractivity contribution in [1.82, 2.24) is 14.6 Å². The van der Waals surface area contributed by atoms with Crippen LogP contribution in [0.3, 0.4) is 0 Å². The zero-order valence-electron chi connectivity index (χ0n) is 9.15. The van der Waals surface area contributed by atoms with Crippen molar-refractivity contribution in [3.63, 3.8) is 0 Å². The van der Waals surface area contributed by atoms with Crippen LogP contribution in [0.15, 0.2) is 24.5 Å². The fourth-order valence-electron chi connectivity index (χ4n) is 1.13. The molecule has 2 aromatic rings. The van der Waals surface area contributed by atoms with Crippen LogP contribution in [0.5, 0.6) is 0 Å². The number of fused-ring (bicyclic) bond motifs is 1. The minimum atomic E-state index is 0.00553. The number of imidazole rings is 1. The molecule has 76 valence electrons. The molecule has 0 aliphatic rings. The molecule has 0 saturated carbocycles. The predicted molar refractivity (Wildman–Crippen MR) is 59.3 cm³/mol. The summed E-state index contributed by atoms with van der Waals surface area (Å²) in [6, 6.07) is 3.81. The van der Waals surface area contributed by atoms with E-state index >= 15 is 0 Å². The van der Waals surface area contributed by atoms with Crippen molar-refractivity contribution in [2.24, 2.45) is 5.41 Å². The van der Waals surface area contributed by atoms with Crippen molar-refractivity contribution >= 4 is 5.65 Å². The first-order valence-electron chi connectivity index (χ1n) is 4.88. The number of nitrogens with zero attached hydrogens (tertiary/aromatic N) is 3. The molecular formula is C12H13N3. The van der Waals surface area contributed by atoms with Crippen LogP contribution in [-0.2, 0) is 0 Å². The Morgan fingerprint density at radius 2 is 2.07 bits per heavy atom. The standard InChI is InChI=1S/C12H13N3/c1-12(2,3)7-6-10-4-5-11-13-8-9-15(11)14-10/h4-5,8-9H,1-3H3. The highest BCUT2D eigenvalue weighted by atomic mass is 15.2. The smallest absolute Gasteiger partial charge is 0.153 e. The van der Waals surface area contributed by atoms with E-state index in [9.17, 15) is 0 Å². The van der Waals surface area contributed by atoms with Gasteiger partial charge in [-0.1, -0.05) is 5.92 Å². The van der Waals surface area contributed by atoms with Crippen molar-refractivity contribution in [1.29, 1.82) is 0 Å². The first-order chi connectivity index (χ1) is 7.04. The van der Waals surface area contributed by atoms with Crippen LogP contribution >= 0.6 is 0 Å². The van der Waals surface area contributed by atoms with Gasteiger partial charge in [-0.15, -0.1) is 0 Å². The van der Waals surface area contributed by atoms with Gasteiger partial charge in [0.25, 0.3) is 0 Å². The van der Waals surface area contributed by atoms with Gasteiger partial charge in [-0.2, -0.15) is 5.10 Å². The summed E-state index contributed by atoms with van der Waals surface area (Å²) in [6.07, 6.45) is 3.54. The van der Waals surface area contributed by atoms with Crippen molar-refractivity contribution in [3.8, 4) is 11.8 Å². The average molecular weight is 199 g/mol. The molecule has 0 spiro atoms. The number of hydrogen-bond acceptors (Lipinski definition) is 2. The summed E-state index contributed by atoms with van der Waals surface area (Å²) in [4.78, 5) is 4.12. The van der Waals surface area contributed by atoms with Gasteiger partial charge < -0.3 is 0 Å². The predicted octanol–water partition coefficient (Wildman–Crippen LogP) is 2.13. The highest BCUT2D eigenvalue weighted by Gasteiger charge is 2.03. The Morgan fingerprint density at radius 1 is 1.27 bits per heavy atom. The molecule has 2 aromatic heterocycles. The van der Waals surface area contributed by atoms with E-state index in [4.69, 9.17) is 0 Å². The molecule has 2 rings (SSSR count). The summed E-state index contributed by atoms with van der Waals surface area (Å²) in [5.41, 5.74) is 1.62. The molecule has 0 N–H and O–H groups in total. The summed E-state index contributed by atoms with van der Waals surface area (Å²) in [5, 5.41) is 4.32. The van der Waals surface area contributed by atoms with E-state index in [1.165, 1.54) is 0 Å². The molecule has 0 aromatic carbocycles. The SMILES string of the molecule is CC(C)(C)C#Cc1ccc2nccn2n1. The maximum absolute atomic E-state index is 4.32. The molecule has 3 nitrogen and oxygen atoms in total. The van der Waals surface area contributed by atoms with E-state index in [-0.39, 0.29) is 5.41 Å². The summed E-state index contributed by atoms with van der Waals surface area (Å²) in [7, 11) is 0. The molecule has 0 amide bonds. The summed E-state index contributed by atoms with van der Waals surface area (Å²) in [5.74, 6) is 6.21. The van der Waals surface area contributed by atoms with E-state index in [1.807, 2.05) is 18.3 Å². The molecule has 15 heavy (non-hydrogen) atoms. The van der Waals surface area contributed by atoms with Crippen LogP contribution in [-0.4, -0.2) is 14.6 Å². The fraction of sp³-hybridized carbons (Fsp3) is 0.333. The number of aromatic nitrogens is 3. The molecule has 3 heteroatoms. The molecule has 0 fully saturated rings. The third kappa shape index (κ3) is 2.35. The Balaban J connectivity index is 2.39. The lowest BCUT2D eigenvalue weighted by molar-refractivity contribution is 0.571. The molecule has 0 aliphatic carbocycles. The third-order valence-electron chi connectivity index (χ3n) is 1.82. The molecular weight excluding hydrogens is 186 g/mol.